The summed E-state index contributed by atoms with van der Waals surface area (Å²) in [6.07, 6.45) is 3.23. The molecule has 0 bridgehead atoms. The van der Waals surface area contributed by atoms with E-state index >= 15 is 0 Å². The maximum absolute atomic E-state index is 13.1. The molecule has 0 aliphatic heterocycles. The van der Waals surface area contributed by atoms with Gasteiger partial charge in [-0.1, -0.05) is 27.7 Å². The fraction of sp³-hybridized carbons (Fsp3) is 1.00. The average Bonchev–Trinajstić information content (AvgIpc) is 2.04. The highest BCUT2D eigenvalue weighted by Gasteiger charge is 2.40. The monoisotopic (exact) mass is 186 g/mol. The Kier molecular flexibility index (Phi) is 3.37. The molecule has 0 nitrogen and oxygen atoms in total. The molecule has 1 rings (SSSR count). The van der Waals surface area contributed by atoms with E-state index in [9.17, 15) is 4.39 Å². The predicted octanol–water partition coefficient (Wildman–Crippen LogP) is 4.20. The lowest BCUT2D eigenvalue weighted by Gasteiger charge is -2.45. The molecule has 1 saturated carbocycles. The lowest BCUT2D eigenvalue weighted by molar-refractivity contribution is 0.0292. The summed E-state index contributed by atoms with van der Waals surface area (Å²) in [5, 5.41) is 0. The molecule has 0 aromatic carbocycles. The molecule has 0 amide bonds. The molecule has 1 heteroatoms. The Morgan fingerprint density at radius 2 is 1.38 bits per heavy atom. The summed E-state index contributed by atoms with van der Waals surface area (Å²) < 4.78 is 13.1. The molecule has 0 aromatic rings. The van der Waals surface area contributed by atoms with E-state index in [1.54, 1.807) is 0 Å². The second-order valence-electron chi connectivity index (χ2n) is 5.22. The van der Waals surface area contributed by atoms with E-state index in [2.05, 4.69) is 27.7 Å². The Morgan fingerprint density at radius 3 is 1.69 bits per heavy atom. The Morgan fingerprint density at radius 1 is 1.00 bits per heavy atom. The van der Waals surface area contributed by atoms with Crippen LogP contribution in [0.25, 0.3) is 0 Å². The largest absolute Gasteiger partial charge is 0.247 e. The van der Waals surface area contributed by atoms with Crippen LogP contribution in [-0.2, 0) is 0 Å². The maximum atomic E-state index is 13.1. The van der Waals surface area contributed by atoms with Gasteiger partial charge in [0, 0.05) is 0 Å². The van der Waals surface area contributed by atoms with E-state index in [0.717, 1.165) is 25.7 Å². The van der Waals surface area contributed by atoms with Crippen molar-refractivity contribution in [3.8, 4) is 0 Å². The number of hydrogen-bond acceptors (Lipinski definition) is 0. The number of hydrogen-bond donors (Lipinski definition) is 0. The molecule has 0 heterocycles. The van der Waals surface area contributed by atoms with E-state index in [0.29, 0.717) is 17.3 Å². The predicted molar refractivity (Wildman–Crippen MR) is 55.5 cm³/mol. The molecule has 0 spiro atoms. The van der Waals surface area contributed by atoms with Crippen LogP contribution in [0.15, 0.2) is 0 Å². The molecule has 78 valence electrons. The minimum atomic E-state index is -0.523. The van der Waals surface area contributed by atoms with Gasteiger partial charge in [-0.2, -0.15) is 0 Å². The highest BCUT2D eigenvalue weighted by Crippen LogP contribution is 2.48. The molecule has 1 aliphatic rings. The highest BCUT2D eigenvalue weighted by molar-refractivity contribution is 4.90. The Labute approximate surface area is 81.9 Å². The zero-order valence-corrected chi connectivity index (χ0v) is 9.44. The van der Waals surface area contributed by atoms with Gasteiger partial charge in [0.05, 0.1) is 0 Å². The minimum absolute atomic E-state index is 0.419. The smallest absolute Gasteiger partial charge is 0.100 e. The summed E-state index contributed by atoms with van der Waals surface area (Å²) in [7, 11) is 0. The molecule has 0 unspecified atom stereocenters. The quantitative estimate of drug-likeness (QED) is 0.606. The number of halogens is 1. The van der Waals surface area contributed by atoms with Crippen molar-refractivity contribution in [1.29, 1.82) is 0 Å². The van der Waals surface area contributed by atoms with Crippen molar-refractivity contribution >= 4 is 0 Å². The first-order valence-electron chi connectivity index (χ1n) is 5.63. The van der Waals surface area contributed by atoms with Crippen molar-refractivity contribution in [1.82, 2.24) is 0 Å². The fourth-order valence-corrected chi connectivity index (χ4v) is 2.94. The van der Waals surface area contributed by atoms with Gasteiger partial charge >= 0.3 is 0 Å². The standard InChI is InChI=1S/C12H23F/c1-9(2)12(10(3)4)7-5-11(13)6-8-12/h9-11H,5-8H2,1-4H3. The van der Waals surface area contributed by atoms with Crippen molar-refractivity contribution in [3.05, 3.63) is 0 Å². The van der Waals surface area contributed by atoms with Gasteiger partial charge in [-0.15, -0.1) is 0 Å². The van der Waals surface area contributed by atoms with Crippen LogP contribution in [0, 0.1) is 17.3 Å². The molecule has 0 radical (unpaired) electrons. The van der Waals surface area contributed by atoms with E-state index in [4.69, 9.17) is 0 Å². The zero-order chi connectivity index (χ0) is 10.1. The van der Waals surface area contributed by atoms with Crippen LogP contribution in [0.4, 0.5) is 4.39 Å². The normalized spacial score (nSPS) is 24.2. The summed E-state index contributed by atoms with van der Waals surface area (Å²) in [6.45, 7) is 9.16. The summed E-state index contributed by atoms with van der Waals surface area (Å²) in [5.41, 5.74) is 0.419. The molecule has 13 heavy (non-hydrogen) atoms. The van der Waals surface area contributed by atoms with Crippen molar-refractivity contribution in [2.75, 3.05) is 0 Å². The molecule has 0 saturated heterocycles. The lowest BCUT2D eigenvalue weighted by atomic mass is 9.61. The van der Waals surface area contributed by atoms with Gasteiger partial charge in [0.25, 0.3) is 0 Å². The maximum Gasteiger partial charge on any atom is 0.100 e. The number of rotatable bonds is 2. The minimum Gasteiger partial charge on any atom is -0.247 e. The van der Waals surface area contributed by atoms with Crippen LogP contribution in [-0.4, -0.2) is 6.17 Å². The van der Waals surface area contributed by atoms with Crippen LogP contribution in [0.1, 0.15) is 53.4 Å². The van der Waals surface area contributed by atoms with Crippen molar-refractivity contribution in [2.45, 2.75) is 59.5 Å². The van der Waals surface area contributed by atoms with Gasteiger partial charge in [-0.25, -0.2) is 4.39 Å². The molecular weight excluding hydrogens is 163 g/mol. The lowest BCUT2D eigenvalue weighted by Crippen LogP contribution is -2.37. The average molecular weight is 186 g/mol. The summed E-state index contributed by atoms with van der Waals surface area (Å²) in [4.78, 5) is 0. The van der Waals surface area contributed by atoms with E-state index in [1.807, 2.05) is 0 Å². The SMILES string of the molecule is CC(C)C1(C(C)C)CCC(F)CC1. The van der Waals surface area contributed by atoms with Crippen LogP contribution in [0.5, 0.6) is 0 Å². The molecule has 0 N–H and O–H groups in total. The Hall–Kier alpha value is -0.0700. The van der Waals surface area contributed by atoms with Crippen LogP contribution < -0.4 is 0 Å². The second kappa shape index (κ2) is 3.98. The van der Waals surface area contributed by atoms with Crippen LogP contribution >= 0.6 is 0 Å². The summed E-state index contributed by atoms with van der Waals surface area (Å²) in [5.74, 6) is 1.39. The molecule has 1 fully saturated rings. The fourth-order valence-electron chi connectivity index (χ4n) is 2.94. The van der Waals surface area contributed by atoms with Gasteiger partial charge in [-0.05, 0) is 42.9 Å². The zero-order valence-electron chi connectivity index (χ0n) is 9.44. The van der Waals surface area contributed by atoms with Crippen molar-refractivity contribution < 1.29 is 4.39 Å². The van der Waals surface area contributed by atoms with E-state index in [-0.39, 0.29) is 0 Å². The first-order valence-corrected chi connectivity index (χ1v) is 5.63. The third-order valence-electron chi connectivity index (χ3n) is 4.15. The highest BCUT2D eigenvalue weighted by atomic mass is 19.1. The van der Waals surface area contributed by atoms with Crippen molar-refractivity contribution in [2.24, 2.45) is 17.3 Å². The molecule has 0 aromatic heterocycles. The van der Waals surface area contributed by atoms with Crippen LogP contribution in [0.3, 0.4) is 0 Å². The van der Waals surface area contributed by atoms with Gasteiger partial charge < -0.3 is 0 Å². The molecular formula is C12H23F. The van der Waals surface area contributed by atoms with Gasteiger partial charge in [-0.3, -0.25) is 0 Å². The third kappa shape index (κ3) is 2.05. The van der Waals surface area contributed by atoms with E-state index < -0.39 is 6.17 Å². The van der Waals surface area contributed by atoms with E-state index in [1.165, 1.54) is 0 Å². The molecule has 1 aliphatic carbocycles. The van der Waals surface area contributed by atoms with Gasteiger partial charge in [0.15, 0.2) is 0 Å². The van der Waals surface area contributed by atoms with Gasteiger partial charge in [0.1, 0.15) is 6.17 Å². The van der Waals surface area contributed by atoms with Crippen molar-refractivity contribution in [3.63, 3.8) is 0 Å². The van der Waals surface area contributed by atoms with Crippen LogP contribution in [0.2, 0.25) is 0 Å². The third-order valence-corrected chi connectivity index (χ3v) is 4.15. The first kappa shape index (κ1) is 11.0. The summed E-state index contributed by atoms with van der Waals surface area (Å²) >= 11 is 0. The van der Waals surface area contributed by atoms with Gasteiger partial charge in [0.2, 0.25) is 0 Å². The second-order valence-corrected chi connectivity index (χ2v) is 5.22. The number of alkyl halides is 1. The first-order chi connectivity index (χ1) is 5.99. The topological polar surface area (TPSA) is 0 Å². The Balaban J connectivity index is 2.69. The molecule has 0 atom stereocenters. The summed E-state index contributed by atoms with van der Waals surface area (Å²) in [6, 6.07) is 0. The Bertz CT molecular complexity index is 143.